The summed E-state index contributed by atoms with van der Waals surface area (Å²) in [5, 5.41) is 2.76. The van der Waals surface area contributed by atoms with Crippen LogP contribution in [0.1, 0.15) is 38.3 Å². The van der Waals surface area contributed by atoms with Crippen LogP contribution in [0.3, 0.4) is 0 Å². The van der Waals surface area contributed by atoms with Gasteiger partial charge in [0.1, 0.15) is 0 Å². The maximum absolute atomic E-state index is 12.6. The van der Waals surface area contributed by atoms with Crippen molar-refractivity contribution in [3.05, 3.63) is 53.6 Å². The van der Waals surface area contributed by atoms with Crippen molar-refractivity contribution < 1.29 is 18.0 Å². The van der Waals surface area contributed by atoms with Gasteiger partial charge in [0.25, 0.3) is 0 Å². The molecular formula is C22H27N3O4S. The second-order valence-electron chi connectivity index (χ2n) is 7.48. The average Bonchev–Trinajstić information content (AvgIpc) is 3.03. The van der Waals surface area contributed by atoms with E-state index in [1.807, 2.05) is 31.2 Å². The molecular weight excluding hydrogens is 402 g/mol. The molecule has 8 heteroatoms. The molecule has 2 aromatic carbocycles. The summed E-state index contributed by atoms with van der Waals surface area (Å²) in [4.78, 5) is 25.7. The van der Waals surface area contributed by atoms with E-state index in [0.717, 1.165) is 17.7 Å². The molecule has 1 heterocycles. The molecule has 2 aromatic rings. The van der Waals surface area contributed by atoms with E-state index in [2.05, 4.69) is 17.0 Å². The van der Waals surface area contributed by atoms with Crippen LogP contribution in [-0.2, 0) is 32.5 Å². The third kappa shape index (κ3) is 4.88. The van der Waals surface area contributed by atoms with Crippen LogP contribution in [0.25, 0.3) is 0 Å². The highest BCUT2D eigenvalue weighted by Gasteiger charge is 2.30. The summed E-state index contributed by atoms with van der Waals surface area (Å²) in [7, 11) is -3.75. The number of aryl methyl sites for hydroxylation is 1. The van der Waals surface area contributed by atoms with Gasteiger partial charge in [-0.15, -0.1) is 0 Å². The Morgan fingerprint density at radius 1 is 1.13 bits per heavy atom. The van der Waals surface area contributed by atoms with Crippen LogP contribution in [0.15, 0.2) is 47.4 Å². The van der Waals surface area contributed by atoms with Gasteiger partial charge in [0.05, 0.1) is 4.90 Å². The molecule has 0 saturated heterocycles. The molecule has 0 bridgehead atoms. The molecule has 1 atom stereocenters. The molecule has 7 nitrogen and oxygen atoms in total. The predicted octanol–water partition coefficient (Wildman–Crippen LogP) is 2.85. The summed E-state index contributed by atoms with van der Waals surface area (Å²) in [6, 6.07) is 12.3. The van der Waals surface area contributed by atoms with Crippen LogP contribution in [0.5, 0.6) is 0 Å². The third-order valence-corrected chi connectivity index (χ3v) is 6.66. The van der Waals surface area contributed by atoms with Crippen LogP contribution < -0.4 is 14.9 Å². The Balaban J connectivity index is 1.58. The number of carbonyl (C=O) groups excluding carboxylic acids is 2. The van der Waals surface area contributed by atoms with Crippen molar-refractivity contribution in [1.29, 1.82) is 0 Å². The first-order valence-corrected chi connectivity index (χ1v) is 11.5. The highest BCUT2D eigenvalue weighted by atomic mass is 32.2. The highest BCUT2D eigenvalue weighted by Crippen LogP contribution is 2.33. The number of benzene rings is 2. The van der Waals surface area contributed by atoms with E-state index in [1.165, 1.54) is 18.6 Å². The van der Waals surface area contributed by atoms with Gasteiger partial charge in [-0.25, -0.2) is 13.1 Å². The predicted molar refractivity (Wildman–Crippen MR) is 117 cm³/mol. The lowest BCUT2D eigenvalue weighted by molar-refractivity contribution is -0.117. The Labute approximate surface area is 177 Å². The number of hydrogen-bond acceptors (Lipinski definition) is 4. The van der Waals surface area contributed by atoms with E-state index in [4.69, 9.17) is 0 Å². The molecule has 2 N–H and O–H groups in total. The maximum Gasteiger partial charge on any atom is 0.240 e. The molecule has 30 heavy (non-hydrogen) atoms. The van der Waals surface area contributed by atoms with Crippen molar-refractivity contribution in [2.75, 3.05) is 16.8 Å². The Morgan fingerprint density at radius 2 is 1.83 bits per heavy atom. The summed E-state index contributed by atoms with van der Waals surface area (Å²) in [5.74, 6) is -0.327. The summed E-state index contributed by atoms with van der Waals surface area (Å²) >= 11 is 0. The molecule has 2 amide bonds. The molecule has 1 aliphatic rings. The Morgan fingerprint density at radius 3 is 2.47 bits per heavy atom. The fourth-order valence-corrected chi connectivity index (χ4v) is 4.77. The fourth-order valence-electron chi connectivity index (χ4n) is 3.68. The highest BCUT2D eigenvalue weighted by molar-refractivity contribution is 7.89. The minimum absolute atomic E-state index is 0.00139. The van der Waals surface area contributed by atoms with Crippen molar-refractivity contribution in [3.8, 4) is 0 Å². The van der Waals surface area contributed by atoms with Crippen molar-refractivity contribution in [3.63, 3.8) is 0 Å². The van der Waals surface area contributed by atoms with E-state index in [1.54, 1.807) is 17.0 Å². The number of sulfonamides is 1. The number of amides is 2. The first kappa shape index (κ1) is 22.0. The topological polar surface area (TPSA) is 95.6 Å². The van der Waals surface area contributed by atoms with Crippen LogP contribution >= 0.6 is 0 Å². The zero-order valence-electron chi connectivity index (χ0n) is 17.4. The lowest BCUT2D eigenvalue weighted by atomic mass is 10.1. The average molecular weight is 430 g/mol. The van der Waals surface area contributed by atoms with E-state index < -0.39 is 10.0 Å². The Hall–Kier alpha value is -2.71. The number of hydrogen-bond donors (Lipinski definition) is 2. The lowest BCUT2D eigenvalue weighted by Crippen LogP contribution is -2.33. The molecule has 0 radical (unpaired) electrons. The second kappa shape index (κ2) is 8.97. The molecule has 1 aliphatic heterocycles. The number of anilines is 2. The van der Waals surface area contributed by atoms with Gasteiger partial charge in [-0.3, -0.25) is 9.59 Å². The SMILES string of the molecule is CCc1ccc(NC(=O)CCNS(=O)(=O)c2ccc3c(c2)C[C@H](C)N3C(C)=O)cc1. The molecule has 160 valence electrons. The zero-order valence-corrected chi connectivity index (χ0v) is 18.3. The molecule has 0 aromatic heterocycles. The number of fused-ring (bicyclic) bond motifs is 1. The molecule has 3 rings (SSSR count). The summed E-state index contributed by atoms with van der Waals surface area (Å²) < 4.78 is 27.7. The Bertz CT molecular complexity index is 1050. The largest absolute Gasteiger partial charge is 0.326 e. The van der Waals surface area contributed by atoms with Gasteiger partial charge in [-0.05, 0) is 61.2 Å². The van der Waals surface area contributed by atoms with E-state index >= 15 is 0 Å². The van der Waals surface area contributed by atoms with Crippen LogP contribution in [0.2, 0.25) is 0 Å². The second-order valence-corrected chi connectivity index (χ2v) is 9.25. The molecule has 0 spiro atoms. The van der Waals surface area contributed by atoms with Crippen molar-refractivity contribution in [2.24, 2.45) is 0 Å². The van der Waals surface area contributed by atoms with E-state index in [9.17, 15) is 18.0 Å². The number of nitrogens with one attached hydrogen (secondary N) is 2. The molecule has 0 aliphatic carbocycles. The third-order valence-electron chi connectivity index (χ3n) is 5.21. The smallest absolute Gasteiger partial charge is 0.240 e. The van der Waals surface area contributed by atoms with Crippen LogP contribution in [0.4, 0.5) is 11.4 Å². The molecule has 0 fully saturated rings. The van der Waals surface area contributed by atoms with Gasteiger partial charge in [0.15, 0.2) is 0 Å². The van der Waals surface area contributed by atoms with Gasteiger partial charge in [0.2, 0.25) is 21.8 Å². The van der Waals surface area contributed by atoms with Crippen LogP contribution in [0, 0.1) is 0 Å². The number of nitrogens with zero attached hydrogens (tertiary/aromatic N) is 1. The van der Waals surface area contributed by atoms with Gasteiger partial charge in [-0.2, -0.15) is 0 Å². The van der Waals surface area contributed by atoms with Gasteiger partial charge >= 0.3 is 0 Å². The Kier molecular flexibility index (Phi) is 6.58. The zero-order chi connectivity index (χ0) is 21.9. The maximum atomic E-state index is 12.6. The first-order valence-electron chi connectivity index (χ1n) is 10.0. The van der Waals surface area contributed by atoms with Crippen molar-refractivity contribution >= 4 is 33.2 Å². The standard InChI is InChI=1S/C22H27N3O4S/c1-4-17-5-7-19(8-6-17)24-22(27)11-12-23-30(28,29)20-9-10-21-18(14-20)13-15(2)25(21)16(3)26/h5-10,14-15,23H,4,11-13H2,1-3H3,(H,24,27)/t15-/m0/s1. The van der Waals surface area contributed by atoms with E-state index in [0.29, 0.717) is 12.1 Å². The van der Waals surface area contributed by atoms with Crippen molar-refractivity contribution in [2.45, 2.75) is 51.0 Å². The molecule has 0 unspecified atom stereocenters. The van der Waals surface area contributed by atoms with E-state index in [-0.39, 0.29) is 35.7 Å². The summed E-state index contributed by atoms with van der Waals surface area (Å²) in [5.41, 5.74) is 3.44. The van der Waals surface area contributed by atoms with Crippen molar-refractivity contribution in [1.82, 2.24) is 4.72 Å². The summed E-state index contributed by atoms with van der Waals surface area (Å²) in [6.45, 7) is 5.48. The summed E-state index contributed by atoms with van der Waals surface area (Å²) in [6.07, 6.45) is 1.55. The minimum atomic E-state index is -3.75. The van der Waals surface area contributed by atoms with Gasteiger partial charge < -0.3 is 10.2 Å². The monoisotopic (exact) mass is 429 g/mol. The van der Waals surface area contributed by atoms with Crippen LogP contribution in [-0.4, -0.2) is 32.8 Å². The minimum Gasteiger partial charge on any atom is -0.326 e. The van der Waals surface area contributed by atoms with Gasteiger partial charge in [0, 0.05) is 37.3 Å². The fraction of sp³-hybridized carbons (Fsp3) is 0.364. The lowest BCUT2D eigenvalue weighted by Gasteiger charge is -2.20. The quantitative estimate of drug-likeness (QED) is 0.707. The number of carbonyl (C=O) groups is 2. The van der Waals surface area contributed by atoms with Gasteiger partial charge in [-0.1, -0.05) is 19.1 Å². The molecule has 0 saturated carbocycles. The normalized spacial score (nSPS) is 15.7. The number of rotatable bonds is 7. The first-order chi connectivity index (χ1) is 14.2.